The highest BCUT2D eigenvalue weighted by atomic mass is 32.1. The Balaban J connectivity index is 1.62. The van der Waals surface area contributed by atoms with Crippen LogP contribution in [0.5, 0.6) is 0 Å². The van der Waals surface area contributed by atoms with Gasteiger partial charge in [0.1, 0.15) is 5.82 Å². The number of amides is 1. The first kappa shape index (κ1) is 23.9. The van der Waals surface area contributed by atoms with Crippen molar-refractivity contribution in [2.24, 2.45) is 0 Å². The average Bonchev–Trinajstić information content (AvgIpc) is 3.29. The van der Waals surface area contributed by atoms with E-state index < -0.39 is 5.82 Å². The van der Waals surface area contributed by atoms with Gasteiger partial charge in [0.15, 0.2) is 5.11 Å². The first-order valence-electron chi connectivity index (χ1n) is 11.5. The first-order chi connectivity index (χ1) is 16.3. The van der Waals surface area contributed by atoms with Gasteiger partial charge in [0.2, 0.25) is 5.91 Å². The minimum atomic E-state index is -0.455. The van der Waals surface area contributed by atoms with Gasteiger partial charge >= 0.3 is 0 Å². The van der Waals surface area contributed by atoms with E-state index >= 15 is 0 Å². The molecule has 34 heavy (non-hydrogen) atoms. The number of rotatable bonds is 7. The maximum absolute atomic E-state index is 14.0. The van der Waals surface area contributed by atoms with Crippen LogP contribution in [0.4, 0.5) is 10.1 Å². The van der Waals surface area contributed by atoms with Gasteiger partial charge in [-0.15, -0.1) is 0 Å². The van der Waals surface area contributed by atoms with Crippen molar-refractivity contribution in [1.82, 2.24) is 19.8 Å². The minimum absolute atomic E-state index is 0.123. The second kappa shape index (κ2) is 9.93. The van der Waals surface area contributed by atoms with Gasteiger partial charge in [-0.05, 0) is 75.8 Å². The molecule has 0 aliphatic carbocycles. The number of carbonyl (C=O) groups excluding carboxylic acids is 1. The summed E-state index contributed by atoms with van der Waals surface area (Å²) >= 11 is 5.72. The Labute approximate surface area is 205 Å². The van der Waals surface area contributed by atoms with E-state index in [2.05, 4.69) is 58.8 Å². The Kier molecular flexibility index (Phi) is 6.97. The number of aromatic nitrogens is 2. The third-order valence-corrected chi connectivity index (χ3v) is 6.64. The Hall–Kier alpha value is -3.26. The van der Waals surface area contributed by atoms with Crippen molar-refractivity contribution in [1.29, 1.82) is 0 Å². The number of aryl methyl sites for hydroxylation is 1. The number of benzene rings is 1. The summed E-state index contributed by atoms with van der Waals surface area (Å²) in [5.41, 5.74) is 4.58. The lowest BCUT2D eigenvalue weighted by atomic mass is 9.96. The van der Waals surface area contributed by atoms with Gasteiger partial charge in [0.25, 0.3) is 0 Å². The fourth-order valence-corrected chi connectivity index (χ4v) is 5.21. The van der Waals surface area contributed by atoms with Crippen LogP contribution >= 0.6 is 12.2 Å². The summed E-state index contributed by atoms with van der Waals surface area (Å²) in [5, 5.41) is 6.67. The largest absolute Gasteiger partial charge is 0.352 e. The predicted octanol–water partition coefficient (Wildman–Crippen LogP) is 5.22. The molecule has 8 heteroatoms. The lowest BCUT2D eigenvalue weighted by molar-refractivity contribution is -0.116. The second-order valence-electron chi connectivity index (χ2n) is 8.89. The second-order valence-corrected chi connectivity index (χ2v) is 9.27. The van der Waals surface area contributed by atoms with Crippen LogP contribution in [0.25, 0.3) is 0 Å². The number of halogens is 1. The summed E-state index contributed by atoms with van der Waals surface area (Å²) < 4.78 is 16.3. The topological polar surface area (TPSA) is 62.2 Å². The van der Waals surface area contributed by atoms with E-state index in [1.807, 2.05) is 18.2 Å². The summed E-state index contributed by atoms with van der Waals surface area (Å²) in [6.45, 7) is 8.97. The summed E-state index contributed by atoms with van der Waals surface area (Å²) in [5.74, 6) is -0.719. The molecule has 0 saturated carbocycles. The smallest absolute Gasteiger partial charge is 0.226 e. The Morgan fingerprint density at radius 1 is 1.21 bits per heavy atom. The molecular weight excluding hydrogens is 449 g/mol. The maximum Gasteiger partial charge on any atom is 0.226 e. The SMILES string of the molecule is Cc1cc([C@@H]2[C@H](c3ccccn3)NC(=S)N2CCC(=O)Nc2ccccc2F)c(C)n1C(C)C. The van der Waals surface area contributed by atoms with Gasteiger partial charge in [0, 0.05) is 36.6 Å². The molecule has 1 fully saturated rings. The fraction of sp³-hybridized carbons (Fsp3) is 0.346. The number of hydrogen-bond acceptors (Lipinski definition) is 3. The highest BCUT2D eigenvalue weighted by Crippen LogP contribution is 2.41. The van der Waals surface area contributed by atoms with Crippen molar-refractivity contribution in [3.63, 3.8) is 0 Å². The molecule has 6 nitrogen and oxygen atoms in total. The monoisotopic (exact) mass is 479 g/mol. The number of nitrogens with zero attached hydrogens (tertiary/aromatic N) is 3. The normalized spacial score (nSPS) is 17.8. The van der Waals surface area contributed by atoms with Crippen molar-refractivity contribution < 1.29 is 9.18 Å². The van der Waals surface area contributed by atoms with E-state index in [1.54, 1.807) is 24.4 Å². The third kappa shape index (κ3) is 4.68. The molecule has 1 aliphatic heterocycles. The average molecular weight is 480 g/mol. The molecule has 0 spiro atoms. The van der Waals surface area contributed by atoms with Crippen LogP contribution in [0.3, 0.4) is 0 Å². The predicted molar refractivity (Wildman–Crippen MR) is 136 cm³/mol. The number of anilines is 1. The number of nitrogens with one attached hydrogen (secondary N) is 2. The molecular formula is C26H30FN5OS. The van der Waals surface area contributed by atoms with Crippen LogP contribution in [0.15, 0.2) is 54.7 Å². The molecule has 2 atom stereocenters. The first-order valence-corrected chi connectivity index (χ1v) is 11.9. The lowest BCUT2D eigenvalue weighted by Gasteiger charge is -2.28. The van der Waals surface area contributed by atoms with E-state index in [-0.39, 0.29) is 30.1 Å². The number of carbonyl (C=O) groups is 1. The van der Waals surface area contributed by atoms with Gasteiger partial charge in [-0.2, -0.15) is 0 Å². The van der Waals surface area contributed by atoms with Crippen LogP contribution in [-0.4, -0.2) is 32.0 Å². The molecule has 1 aromatic carbocycles. The van der Waals surface area contributed by atoms with Crippen LogP contribution in [0.2, 0.25) is 0 Å². The van der Waals surface area contributed by atoms with Gasteiger partial charge in [-0.25, -0.2) is 4.39 Å². The fourth-order valence-electron chi connectivity index (χ4n) is 4.88. The zero-order valence-corrected chi connectivity index (χ0v) is 20.7. The Morgan fingerprint density at radius 2 is 1.94 bits per heavy atom. The molecule has 1 saturated heterocycles. The molecule has 2 N–H and O–H groups in total. The Morgan fingerprint density at radius 3 is 2.59 bits per heavy atom. The van der Waals surface area contributed by atoms with Crippen LogP contribution in [0, 0.1) is 19.7 Å². The van der Waals surface area contributed by atoms with Crippen LogP contribution in [0.1, 0.15) is 61.0 Å². The summed E-state index contributed by atoms with van der Waals surface area (Å²) in [4.78, 5) is 19.3. The standard InChI is InChI=1S/C26H30FN5OS/c1-16(2)32-17(3)15-19(18(32)4)25-24(22-11-7-8-13-28-22)30-26(34)31(25)14-12-23(33)29-21-10-6-5-9-20(21)27/h5-11,13,15-16,24-25H,12,14H2,1-4H3,(H,29,33)(H,30,34)/t24-,25+/m0/s1. The highest BCUT2D eigenvalue weighted by Gasteiger charge is 2.41. The van der Waals surface area contributed by atoms with Crippen molar-refractivity contribution in [3.8, 4) is 0 Å². The number of para-hydroxylation sites is 1. The van der Waals surface area contributed by atoms with Gasteiger partial charge < -0.3 is 20.1 Å². The van der Waals surface area contributed by atoms with Crippen molar-refractivity contribution in [2.45, 2.75) is 52.2 Å². The number of hydrogen-bond donors (Lipinski definition) is 2. The zero-order chi connectivity index (χ0) is 24.4. The number of thiocarbonyl (C=S) groups is 1. The molecule has 4 rings (SSSR count). The van der Waals surface area contributed by atoms with E-state index in [9.17, 15) is 9.18 Å². The molecule has 0 bridgehead atoms. The lowest BCUT2D eigenvalue weighted by Crippen LogP contribution is -2.33. The maximum atomic E-state index is 14.0. The van der Waals surface area contributed by atoms with Gasteiger partial charge in [-0.3, -0.25) is 9.78 Å². The van der Waals surface area contributed by atoms with E-state index in [4.69, 9.17) is 12.2 Å². The van der Waals surface area contributed by atoms with E-state index in [1.165, 1.54) is 17.5 Å². The summed E-state index contributed by atoms with van der Waals surface area (Å²) in [6, 6.07) is 14.3. The van der Waals surface area contributed by atoms with Crippen molar-refractivity contribution >= 4 is 28.9 Å². The molecule has 0 unspecified atom stereocenters. The molecule has 2 aromatic heterocycles. The van der Waals surface area contributed by atoms with Crippen LogP contribution < -0.4 is 10.6 Å². The third-order valence-electron chi connectivity index (χ3n) is 6.28. The molecule has 1 amide bonds. The number of pyridine rings is 1. The highest BCUT2D eigenvalue weighted by molar-refractivity contribution is 7.80. The zero-order valence-electron chi connectivity index (χ0n) is 19.9. The molecule has 3 heterocycles. The summed E-state index contributed by atoms with van der Waals surface area (Å²) in [6.07, 6.45) is 1.95. The van der Waals surface area contributed by atoms with E-state index in [0.717, 1.165) is 11.3 Å². The molecule has 178 valence electrons. The van der Waals surface area contributed by atoms with Gasteiger partial charge in [-0.1, -0.05) is 18.2 Å². The van der Waals surface area contributed by atoms with Crippen molar-refractivity contribution in [3.05, 3.63) is 83.2 Å². The quantitative estimate of drug-likeness (QED) is 0.455. The van der Waals surface area contributed by atoms with Crippen LogP contribution in [-0.2, 0) is 4.79 Å². The molecule has 3 aromatic rings. The molecule has 1 aliphatic rings. The van der Waals surface area contributed by atoms with E-state index in [0.29, 0.717) is 17.7 Å². The van der Waals surface area contributed by atoms with Crippen molar-refractivity contribution in [2.75, 3.05) is 11.9 Å². The Bertz CT molecular complexity index is 1190. The minimum Gasteiger partial charge on any atom is -0.352 e. The summed E-state index contributed by atoms with van der Waals surface area (Å²) in [7, 11) is 0. The molecule has 0 radical (unpaired) electrons. The van der Waals surface area contributed by atoms with Gasteiger partial charge in [0.05, 0.1) is 23.5 Å².